The molecule has 0 aromatic carbocycles. The van der Waals surface area contributed by atoms with Gasteiger partial charge in [-0.25, -0.2) is 4.79 Å². The van der Waals surface area contributed by atoms with Gasteiger partial charge >= 0.3 is 6.03 Å². The SMILES string of the molecule is CC1(C)CCCC[C@H]1NC(=O)N1CCCN(C(=O)C2CC2)CC1. The zero-order valence-corrected chi connectivity index (χ0v) is 14.6. The van der Waals surface area contributed by atoms with Crippen molar-refractivity contribution in [1.29, 1.82) is 0 Å². The maximum Gasteiger partial charge on any atom is 0.317 e. The third-order valence-electron chi connectivity index (χ3n) is 5.83. The maximum absolute atomic E-state index is 12.6. The fraction of sp³-hybridized carbons (Fsp3) is 0.889. The van der Waals surface area contributed by atoms with Gasteiger partial charge in [0.25, 0.3) is 0 Å². The summed E-state index contributed by atoms with van der Waals surface area (Å²) in [6.07, 6.45) is 7.73. The zero-order valence-electron chi connectivity index (χ0n) is 14.6. The Hall–Kier alpha value is -1.26. The van der Waals surface area contributed by atoms with Gasteiger partial charge in [0.05, 0.1) is 0 Å². The molecule has 2 aliphatic carbocycles. The predicted molar refractivity (Wildman–Crippen MR) is 90.1 cm³/mol. The molecule has 1 atom stereocenters. The predicted octanol–water partition coefficient (Wildman–Crippen LogP) is 2.61. The molecule has 5 nitrogen and oxygen atoms in total. The Morgan fingerprint density at radius 1 is 0.913 bits per heavy atom. The monoisotopic (exact) mass is 321 g/mol. The maximum atomic E-state index is 12.6. The molecule has 1 heterocycles. The van der Waals surface area contributed by atoms with Crippen molar-refractivity contribution in [2.24, 2.45) is 11.3 Å². The molecule has 0 aromatic heterocycles. The lowest BCUT2D eigenvalue weighted by Crippen LogP contribution is -2.52. The van der Waals surface area contributed by atoms with Crippen LogP contribution in [0, 0.1) is 11.3 Å². The van der Waals surface area contributed by atoms with Crippen LogP contribution in [0.25, 0.3) is 0 Å². The van der Waals surface area contributed by atoms with Crippen LogP contribution < -0.4 is 5.32 Å². The molecule has 3 fully saturated rings. The molecule has 0 radical (unpaired) electrons. The van der Waals surface area contributed by atoms with E-state index in [1.807, 2.05) is 9.80 Å². The number of carbonyl (C=O) groups is 2. The van der Waals surface area contributed by atoms with E-state index in [1.54, 1.807) is 0 Å². The minimum absolute atomic E-state index is 0.0608. The third kappa shape index (κ3) is 3.99. The number of hydrogen-bond donors (Lipinski definition) is 1. The first-order chi connectivity index (χ1) is 11.0. The van der Waals surface area contributed by atoms with Gasteiger partial charge in [0.1, 0.15) is 0 Å². The fourth-order valence-electron chi connectivity index (χ4n) is 3.93. The van der Waals surface area contributed by atoms with Crippen molar-refractivity contribution in [3.8, 4) is 0 Å². The molecule has 3 amide bonds. The number of amides is 3. The highest BCUT2D eigenvalue weighted by molar-refractivity contribution is 5.81. The summed E-state index contributed by atoms with van der Waals surface area (Å²) in [7, 11) is 0. The summed E-state index contributed by atoms with van der Waals surface area (Å²) in [5.41, 5.74) is 0.188. The molecule has 1 aliphatic heterocycles. The van der Waals surface area contributed by atoms with Gasteiger partial charge in [-0.1, -0.05) is 26.7 Å². The standard InChI is InChI=1S/C18H31N3O2/c1-18(2)9-4-3-6-15(18)19-17(23)21-11-5-10-20(12-13-21)16(22)14-7-8-14/h14-15H,3-13H2,1-2H3,(H,19,23)/t15-/m1/s1. The average Bonchev–Trinajstić information content (AvgIpc) is 3.35. The normalized spacial score (nSPS) is 28.2. The molecule has 0 aromatic rings. The van der Waals surface area contributed by atoms with Crippen LogP contribution in [-0.2, 0) is 4.79 Å². The molecule has 1 N–H and O–H groups in total. The summed E-state index contributed by atoms with van der Waals surface area (Å²) in [6, 6.07) is 0.335. The molecule has 0 spiro atoms. The Balaban J connectivity index is 1.52. The third-order valence-corrected chi connectivity index (χ3v) is 5.83. The van der Waals surface area contributed by atoms with E-state index in [9.17, 15) is 9.59 Å². The second kappa shape index (κ2) is 6.70. The van der Waals surface area contributed by atoms with Crippen LogP contribution in [0.5, 0.6) is 0 Å². The van der Waals surface area contributed by atoms with Crippen LogP contribution in [0.3, 0.4) is 0 Å². The fourth-order valence-corrected chi connectivity index (χ4v) is 3.93. The molecule has 5 heteroatoms. The minimum atomic E-state index is 0.0608. The quantitative estimate of drug-likeness (QED) is 0.850. The summed E-state index contributed by atoms with van der Waals surface area (Å²) in [5, 5.41) is 3.27. The van der Waals surface area contributed by atoms with Crippen LogP contribution in [0.1, 0.15) is 58.8 Å². The highest BCUT2D eigenvalue weighted by Gasteiger charge is 2.36. The number of rotatable bonds is 2. The van der Waals surface area contributed by atoms with E-state index in [0.29, 0.717) is 19.0 Å². The highest BCUT2D eigenvalue weighted by atomic mass is 16.2. The van der Waals surface area contributed by atoms with Gasteiger partial charge in [-0.15, -0.1) is 0 Å². The van der Waals surface area contributed by atoms with Crippen LogP contribution >= 0.6 is 0 Å². The van der Waals surface area contributed by atoms with Crippen LogP contribution in [0.4, 0.5) is 4.79 Å². The molecular weight excluding hydrogens is 290 g/mol. The van der Waals surface area contributed by atoms with Gasteiger partial charge in [0.2, 0.25) is 5.91 Å². The number of hydrogen-bond acceptors (Lipinski definition) is 2. The second-order valence-electron chi connectivity index (χ2n) is 8.18. The van der Waals surface area contributed by atoms with Gasteiger partial charge in [0.15, 0.2) is 0 Å². The van der Waals surface area contributed by atoms with E-state index < -0.39 is 0 Å². The average molecular weight is 321 g/mol. The largest absolute Gasteiger partial charge is 0.341 e. The van der Waals surface area contributed by atoms with E-state index >= 15 is 0 Å². The van der Waals surface area contributed by atoms with Crippen LogP contribution in [0.2, 0.25) is 0 Å². The van der Waals surface area contributed by atoms with Crippen molar-refractivity contribution in [3.05, 3.63) is 0 Å². The van der Waals surface area contributed by atoms with Crippen molar-refractivity contribution in [1.82, 2.24) is 15.1 Å². The Bertz CT molecular complexity index is 459. The first-order valence-corrected chi connectivity index (χ1v) is 9.31. The number of nitrogens with zero attached hydrogens (tertiary/aromatic N) is 2. The lowest BCUT2D eigenvalue weighted by atomic mass is 9.73. The van der Waals surface area contributed by atoms with Gasteiger partial charge in [-0.3, -0.25) is 4.79 Å². The molecule has 2 saturated carbocycles. The van der Waals surface area contributed by atoms with Crippen molar-refractivity contribution >= 4 is 11.9 Å². The Kier molecular flexibility index (Phi) is 4.83. The van der Waals surface area contributed by atoms with Gasteiger partial charge in [-0.2, -0.15) is 0 Å². The van der Waals surface area contributed by atoms with E-state index in [4.69, 9.17) is 0 Å². The molecule has 3 rings (SSSR count). The molecule has 23 heavy (non-hydrogen) atoms. The lowest BCUT2D eigenvalue weighted by molar-refractivity contribution is -0.132. The Morgan fingerprint density at radius 2 is 1.61 bits per heavy atom. The molecular formula is C18H31N3O2. The molecule has 3 aliphatic rings. The minimum Gasteiger partial charge on any atom is -0.341 e. The summed E-state index contributed by atoms with van der Waals surface area (Å²) in [6.45, 7) is 7.43. The first-order valence-electron chi connectivity index (χ1n) is 9.31. The Labute approximate surface area is 139 Å². The van der Waals surface area contributed by atoms with Crippen molar-refractivity contribution in [3.63, 3.8) is 0 Å². The summed E-state index contributed by atoms with van der Waals surface area (Å²) in [4.78, 5) is 28.7. The van der Waals surface area contributed by atoms with Crippen molar-refractivity contribution in [2.45, 2.75) is 64.8 Å². The van der Waals surface area contributed by atoms with E-state index in [1.165, 1.54) is 19.3 Å². The van der Waals surface area contributed by atoms with E-state index in [-0.39, 0.29) is 23.4 Å². The smallest absolute Gasteiger partial charge is 0.317 e. The summed E-state index contributed by atoms with van der Waals surface area (Å²) in [5.74, 6) is 0.582. The zero-order chi connectivity index (χ0) is 16.4. The van der Waals surface area contributed by atoms with Gasteiger partial charge < -0.3 is 15.1 Å². The lowest BCUT2D eigenvalue weighted by Gasteiger charge is -2.40. The molecule has 0 unspecified atom stereocenters. The highest BCUT2D eigenvalue weighted by Crippen LogP contribution is 2.35. The molecule has 1 saturated heterocycles. The molecule has 0 bridgehead atoms. The number of urea groups is 1. The van der Waals surface area contributed by atoms with E-state index in [0.717, 1.165) is 38.8 Å². The molecule has 130 valence electrons. The van der Waals surface area contributed by atoms with Crippen molar-refractivity contribution in [2.75, 3.05) is 26.2 Å². The Morgan fingerprint density at radius 3 is 2.30 bits per heavy atom. The number of nitrogens with one attached hydrogen (secondary N) is 1. The second-order valence-corrected chi connectivity index (χ2v) is 8.18. The van der Waals surface area contributed by atoms with Gasteiger partial charge in [0, 0.05) is 38.1 Å². The van der Waals surface area contributed by atoms with Crippen LogP contribution in [0.15, 0.2) is 0 Å². The van der Waals surface area contributed by atoms with Crippen molar-refractivity contribution < 1.29 is 9.59 Å². The number of carbonyl (C=O) groups excluding carboxylic acids is 2. The summed E-state index contributed by atoms with van der Waals surface area (Å²) >= 11 is 0. The first kappa shape index (κ1) is 16.6. The van der Waals surface area contributed by atoms with E-state index in [2.05, 4.69) is 19.2 Å². The summed E-state index contributed by atoms with van der Waals surface area (Å²) < 4.78 is 0. The van der Waals surface area contributed by atoms with Gasteiger partial charge in [-0.05, 0) is 37.5 Å². The topological polar surface area (TPSA) is 52.7 Å². The van der Waals surface area contributed by atoms with Crippen LogP contribution in [-0.4, -0.2) is 54.0 Å².